The molecular formula is C25H23ClN2O4. The van der Waals surface area contributed by atoms with Crippen LogP contribution in [0.2, 0.25) is 5.02 Å². The maximum absolute atomic E-state index is 13.1. The normalized spacial score (nSPS) is 12.4. The van der Waals surface area contributed by atoms with Gasteiger partial charge < -0.3 is 15.7 Å². The number of halogens is 1. The van der Waals surface area contributed by atoms with Crippen molar-refractivity contribution in [3.05, 3.63) is 107 Å². The summed E-state index contributed by atoms with van der Waals surface area (Å²) in [4.78, 5) is 37.6. The van der Waals surface area contributed by atoms with Crippen LogP contribution < -0.4 is 10.6 Å². The van der Waals surface area contributed by atoms with E-state index in [0.29, 0.717) is 10.6 Å². The largest absolute Gasteiger partial charge is 0.480 e. The summed E-state index contributed by atoms with van der Waals surface area (Å²) in [6, 6.07) is 22.4. The van der Waals surface area contributed by atoms with Gasteiger partial charge in [-0.05, 0) is 35.4 Å². The SMILES string of the molecule is O=C(N[C@@H](Cc1ccccc1)C(=O)N[C@@H](Cc1ccccc1)C(=O)O)c1ccc(Cl)cc1. The summed E-state index contributed by atoms with van der Waals surface area (Å²) in [5, 5.41) is 15.4. The number of carbonyl (C=O) groups is 3. The second-order valence-corrected chi connectivity index (χ2v) is 7.75. The Kier molecular flexibility index (Phi) is 8.00. The summed E-state index contributed by atoms with van der Waals surface area (Å²) in [7, 11) is 0. The number of hydrogen-bond donors (Lipinski definition) is 3. The summed E-state index contributed by atoms with van der Waals surface area (Å²) >= 11 is 5.88. The minimum atomic E-state index is -1.15. The van der Waals surface area contributed by atoms with Gasteiger partial charge in [-0.2, -0.15) is 0 Å². The minimum absolute atomic E-state index is 0.130. The Balaban J connectivity index is 1.77. The number of carbonyl (C=O) groups excluding carboxylic acids is 2. The van der Waals surface area contributed by atoms with Gasteiger partial charge in [0.2, 0.25) is 5.91 Å². The van der Waals surface area contributed by atoms with Gasteiger partial charge in [0.25, 0.3) is 5.91 Å². The highest BCUT2D eigenvalue weighted by Gasteiger charge is 2.27. The van der Waals surface area contributed by atoms with E-state index in [1.165, 1.54) is 0 Å². The molecule has 0 spiro atoms. The van der Waals surface area contributed by atoms with Gasteiger partial charge in [-0.3, -0.25) is 9.59 Å². The van der Waals surface area contributed by atoms with Gasteiger partial charge >= 0.3 is 5.97 Å². The molecule has 6 nitrogen and oxygen atoms in total. The van der Waals surface area contributed by atoms with E-state index in [1.807, 2.05) is 36.4 Å². The lowest BCUT2D eigenvalue weighted by molar-refractivity contribution is -0.142. The van der Waals surface area contributed by atoms with Crippen LogP contribution in [0.1, 0.15) is 21.5 Å². The van der Waals surface area contributed by atoms with Crippen molar-refractivity contribution in [1.82, 2.24) is 10.6 Å². The van der Waals surface area contributed by atoms with Crippen molar-refractivity contribution in [3.63, 3.8) is 0 Å². The van der Waals surface area contributed by atoms with E-state index in [-0.39, 0.29) is 12.8 Å². The van der Waals surface area contributed by atoms with E-state index in [2.05, 4.69) is 10.6 Å². The van der Waals surface area contributed by atoms with Gasteiger partial charge in [-0.25, -0.2) is 4.79 Å². The molecule has 164 valence electrons. The number of carboxylic acids is 1. The Morgan fingerprint density at radius 1 is 0.719 bits per heavy atom. The maximum atomic E-state index is 13.1. The molecule has 0 fully saturated rings. The minimum Gasteiger partial charge on any atom is -0.480 e. The number of benzene rings is 3. The number of rotatable bonds is 9. The first-order chi connectivity index (χ1) is 15.4. The molecule has 0 aliphatic heterocycles. The number of carboxylic acid groups (broad SMARTS) is 1. The fourth-order valence-corrected chi connectivity index (χ4v) is 3.35. The van der Waals surface area contributed by atoms with Crippen molar-refractivity contribution in [2.24, 2.45) is 0 Å². The second kappa shape index (κ2) is 11.1. The molecule has 0 saturated heterocycles. The van der Waals surface area contributed by atoms with Crippen LogP contribution in [-0.4, -0.2) is 35.0 Å². The first-order valence-corrected chi connectivity index (χ1v) is 10.5. The number of amides is 2. The summed E-state index contributed by atoms with van der Waals surface area (Å²) in [5.41, 5.74) is 1.96. The quantitative estimate of drug-likeness (QED) is 0.465. The molecule has 7 heteroatoms. The van der Waals surface area contributed by atoms with Crippen LogP contribution >= 0.6 is 11.6 Å². The highest BCUT2D eigenvalue weighted by atomic mass is 35.5. The lowest BCUT2D eigenvalue weighted by Crippen LogP contribution is -2.53. The van der Waals surface area contributed by atoms with Crippen LogP contribution in [0.25, 0.3) is 0 Å². The molecule has 0 radical (unpaired) electrons. The smallest absolute Gasteiger partial charge is 0.326 e. The fraction of sp³-hybridized carbons (Fsp3) is 0.160. The number of aliphatic carboxylic acids is 1. The summed E-state index contributed by atoms with van der Waals surface area (Å²) < 4.78 is 0. The first kappa shape index (κ1) is 23.0. The molecule has 0 heterocycles. The standard InChI is InChI=1S/C25H23ClN2O4/c26-20-13-11-19(12-14-20)23(29)27-21(15-17-7-3-1-4-8-17)24(30)28-22(25(31)32)16-18-9-5-2-6-10-18/h1-14,21-22H,15-16H2,(H,27,29)(H,28,30)(H,31,32)/t21-,22-/m0/s1. The number of nitrogens with one attached hydrogen (secondary N) is 2. The Hall–Kier alpha value is -3.64. The van der Waals surface area contributed by atoms with Gasteiger partial charge in [0.05, 0.1) is 0 Å². The highest BCUT2D eigenvalue weighted by Crippen LogP contribution is 2.11. The highest BCUT2D eigenvalue weighted by molar-refractivity contribution is 6.30. The molecular weight excluding hydrogens is 428 g/mol. The molecule has 0 aliphatic rings. The lowest BCUT2D eigenvalue weighted by Gasteiger charge is -2.22. The first-order valence-electron chi connectivity index (χ1n) is 10.1. The molecule has 3 aromatic rings. The van der Waals surface area contributed by atoms with Crippen molar-refractivity contribution in [2.45, 2.75) is 24.9 Å². The third-order valence-corrected chi connectivity index (χ3v) is 5.16. The van der Waals surface area contributed by atoms with Crippen LogP contribution in [0.15, 0.2) is 84.9 Å². The maximum Gasteiger partial charge on any atom is 0.326 e. The van der Waals surface area contributed by atoms with E-state index < -0.39 is 29.9 Å². The summed E-state index contributed by atoms with van der Waals surface area (Å²) in [6.07, 6.45) is 0.342. The molecule has 0 aliphatic carbocycles. The molecule has 0 aromatic heterocycles. The van der Waals surface area contributed by atoms with Crippen LogP contribution in [-0.2, 0) is 22.4 Å². The zero-order valence-electron chi connectivity index (χ0n) is 17.2. The van der Waals surface area contributed by atoms with Gasteiger partial charge in [0, 0.05) is 23.4 Å². The van der Waals surface area contributed by atoms with E-state index in [1.54, 1.807) is 48.5 Å². The third kappa shape index (κ3) is 6.68. The predicted octanol–water partition coefficient (Wildman–Crippen LogP) is 3.49. The van der Waals surface area contributed by atoms with E-state index in [9.17, 15) is 19.5 Å². The fourth-order valence-electron chi connectivity index (χ4n) is 3.22. The second-order valence-electron chi connectivity index (χ2n) is 7.31. The Labute approximate surface area is 191 Å². The Bertz CT molecular complexity index is 1060. The molecule has 3 N–H and O–H groups in total. The van der Waals surface area contributed by atoms with Crippen LogP contribution in [0, 0.1) is 0 Å². The van der Waals surface area contributed by atoms with Crippen LogP contribution in [0.4, 0.5) is 0 Å². The molecule has 0 bridgehead atoms. The molecule has 3 rings (SSSR count). The molecule has 2 amide bonds. The van der Waals surface area contributed by atoms with Crippen LogP contribution in [0.3, 0.4) is 0 Å². The molecule has 0 unspecified atom stereocenters. The zero-order chi connectivity index (χ0) is 22.9. The van der Waals surface area contributed by atoms with E-state index in [0.717, 1.165) is 11.1 Å². The molecule has 2 atom stereocenters. The topological polar surface area (TPSA) is 95.5 Å². The Morgan fingerprint density at radius 2 is 1.22 bits per heavy atom. The van der Waals surface area contributed by atoms with Crippen molar-refractivity contribution >= 4 is 29.4 Å². The molecule has 0 saturated carbocycles. The third-order valence-electron chi connectivity index (χ3n) is 4.91. The van der Waals surface area contributed by atoms with E-state index in [4.69, 9.17) is 11.6 Å². The Morgan fingerprint density at radius 3 is 1.72 bits per heavy atom. The average Bonchev–Trinajstić information content (AvgIpc) is 2.80. The summed E-state index contributed by atoms with van der Waals surface area (Å²) in [5.74, 6) is -2.17. The van der Waals surface area contributed by atoms with Crippen LogP contribution in [0.5, 0.6) is 0 Å². The summed E-state index contributed by atoms with van der Waals surface area (Å²) in [6.45, 7) is 0. The predicted molar refractivity (Wildman–Crippen MR) is 123 cm³/mol. The van der Waals surface area contributed by atoms with Crippen molar-refractivity contribution in [3.8, 4) is 0 Å². The van der Waals surface area contributed by atoms with Crippen molar-refractivity contribution < 1.29 is 19.5 Å². The lowest BCUT2D eigenvalue weighted by atomic mass is 10.0. The molecule has 32 heavy (non-hydrogen) atoms. The van der Waals surface area contributed by atoms with Gasteiger partial charge in [-0.1, -0.05) is 72.3 Å². The zero-order valence-corrected chi connectivity index (χ0v) is 18.0. The van der Waals surface area contributed by atoms with Gasteiger partial charge in [0.15, 0.2) is 0 Å². The van der Waals surface area contributed by atoms with E-state index >= 15 is 0 Å². The van der Waals surface area contributed by atoms with Crippen molar-refractivity contribution in [2.75, 3.05) is 0 Å². The monoisotopic (exact) mass is 450 g/mol. The molecule has 3 aromatic carbocycles. The van der Waals surface area contributed by atoms with Crippen molar-refractivity contribution in [1.29, 1.82) is 0 Å². The van der Waals surface area contributed by atoms with Gasteiger partial charge in [-0.15, -0.1) is 0 Å². The average molecular weight is 451 g/mol. The van der Waals surface area contributed by atoms with Gasteiger partial charge in [0.1, 0.15) is 12.1 Å². The number of hydrogen-bond acceptors (Lipinski definition) is 3.